The summed E-state index contributed by atoms with van der Waals surface area (Å²) in [6.07, 6.45) is 4.19. The molecule has 1 aromatic rings. The van der Waals surface area contributed by atoms with Crippen molar-refractivity contribution in [2.24, 2.45) is 0 Å². The first-order valence-corrected chi connectivity index (χ1v) is 6.60. The Morgan fingerprint density at radius 2 is 2.05 bits per heavy atom. The maximum atomic E-state index is 12.3. The Labute approximate surface area is 116 Å². The van der Waals surface area contributed by atoms with Crippen molar-refractivity contribution in [3.05, 3.63) is 38.9 Å². The molecule has 0 aliphatic heterocycles. The fourth-order valence-corrected chi connectivity index (χ4v) is 2.75. The van der Waals surface area contributed by atoms with Crippen molar-refractivity contribution >= 4 is 23.2 Å². The first kappa shape index (κ1) is 13.8. The normalized spacial score (nSPS) is 15.5. The number of amides is 1. The minimum absolute atomic E-state index is 0.0812. The van der Waals surface area contributed by atoms with Crippen molar-refractivity contribution in [1.29, 1.82) is 0 Å². The smallest absolute Gasteiger partial charge is 0.288 e. The predicted molar refractivity (Wildman–Crippen MR) is 72.5 cm³/mol. The number of nitrogens with zero attached hydrogens (tertiary/aromatic N) is 2. The van der Waals surface area contributed by atoms with E-state index < -0.39 is 4.92 Å². The van der Waals surface area contributed by atoms with Crippen LogP contribution in [0.1, 0.15) is 36.0 Å². The van der Waals surface area contributed by atoms with Crippen LogP contribution in [0.4, 0.5) is 5.69 Å². The highest BCUT2D eigenvalue weighted by Gasteiger charge is 2.27. The van der Waals surface area contributed by atoms with Crippen molar-refractivity contribution in [2.75, 3.05) is 7.05 Å². The third-order valence-corrected chi connectivity index (χ3v) is 4.00. The van der Waals surface area contributed by atoms with Crippen LogP contribution in [-0.2, 0) is 0 Å². The molecule has 1 aliphatic rings. The number of nitro benzene ring substituents is 1. The van der Waals surface area contributed by atoms with Gasteiger partial charge in [-0.2, -0.15) is 0 Å². The van der Waals surface area contributed by atoms with Gasteiger partial charge in [-0.05, 0) is 18.9 Å². The lowest BCUT2D eigenvalue weighted by atomic mass is 10.1. The van der Waals surface area contributed by atoms with Crippen LogP contribution in [0.3, 0.4) is 0 Å². The van der Waals surface area contributed by atoms with Crippen LogP contribution >= 0.6 is 11.6 Å². The van der Waals surface area contributed by atoms with E-state index in [1.54, 1.807) is 11.9 Å². The summed E-state index contributed by atoms with van der Waals surface area (Å²) in [4.78, 5) is 24.2. The van der Waals surface area contributed by atoms with Gasteiger partial charge in [-0.1, -0.05) is 30.5 Å². The van der Waals surface area contributed by atoms with E-state index in [1.807, 2.05) is 0 Å². The summed E-state index contributed by atoms with van der Waals surface area (Å²) in [5, 5.41) is 10.7. The Bertz CT molecular complexity index is 513. The largest absolute Gasteiger partial charge is 0.339 e. The van der Waals surface area contributed by atoms with Gasteiger partial charge >= 0.3 is 0 Å². The van der Waals surface area contributed by atoms with Gasteiger partial charge in [-0.15, -0.1) is 0 Å². The van der Waals surface area contributed by atoms with Gasteiger partial charge in [0.2, 0.25) is 0 Å². The SMILES string of the molecule is CN(C(=O)c1cccc([N+](=O)[O-])c1Cl)C1CCCC1. The number of rotatable bonds is 3. The van der Waals surface area contributed by atoms with Gasteiger partial charge in [-0.3, -0.25) is 14.9 Å². The van der Waals surface area contributed by atoms with Crippen LogP contribution in [-0.4, -0.2) is 28.8 Å². The Kier molecular flexibility index (Phi) is 4.04. The number of benzene rings is 1. The molecule has 0 aromatic heterocycles. The van der Waals surface area contributed by atoms with Crippen molar-refractivity contribution in [3.63, 3.8) is 0 Å². The monoisotopic (exact) mass is 282 g/mol. The quantitative estimate of drug-likeness (QED) is 0.631. The van der Waals surface area contributed by atoms with Crippen molar-refractivity contribution in [2.45, 2.75) is 31.7 Å². The predicted octanol–water partition coefficient (Wildman–Crippen LogP) is 3.26. The summed E-state index contributed by atoms with van der Waals surface area (Å²) in [6.45, 7) is 0. The molecule has 0 heterocycles. The Morgan fingerprint density at radius 1 is 1.42 bits per heavy atom. The van der Waals surface area contributed by atoms with Crippen LogP contribution in [0.5, 0.6) is 0 Å². The lowest BCUT2D eigenvalue weighted by Gasteiger charge is -2.24. The van der Waals surface area contributed by atoms with E-state index in [0.717, 1.165) is 25.7 Å². The van der Waals surface area contributed by atoms with E-state index in [2.05, 4.69) is 0 Å². The lowest BCUT2D eigenvalue weighted by molar-refractivity contribution is -0.384. The molecule has 0 radical (unpaired) electrons. The van der Waals surface area contributed by atoms with Gasteiger partial charge in [0.05, 0.1) is 10.5 Å². The molecular weight excluding hydrogens is 268 g/mol. The Morgan fingerprint density at radius 3 is 2.63 bits per heavy atom. The lowest BCUT2D eigenvalue weighted by Crippen LogP contribution is -2.35. The van der Waals surface area contributed by atoms with E-state index in [4.69, 9.17) is 11.6 Å². The summed E-state index contributed by atoms with van der Waals surface area (Å²) in [5.41, 5.74) is -0.0300. The van der Waals surface area contributed by atoms with Crippen LogP contribution in [0.2, 0.25) is 5.02 Å². The van der Waals surface area contributed by atoms with Gasteiger partial charge in [0, 0.05) is 19.2 Å². The average Bonchev–Trinajstić information content (AvgIpc) is 2.90. The van der Waals surface area contributed by atoms with E-state index in [-0.39, 0.29) is 28.2 Å². The fourth-order valence-electron chi connectivity index (χ4n) is 2.47. The molecule has 1 fully saturated rings. The molecule has 2 rings (SSSR count). The minimum atomic E-state index is -0.575. The molecule has 1 amide bonds. The minimum Gasteiger partial charge on any atom is -0.339 e. The standard InChI is InChI=1S/C13H15ClN2O3/c1-15(9-5-2-3-6-9)13(17)10-7-4-8-11(12(10)14)16(18)19/h4,7-9H,2-3,5-6H2,1H3. The van der Waals surface area contributed by atoms with Crippen LogP contribution in [0.15, 0.2) is 18.2 Å². The van der Waals surface area contributed by atoms with E-state index in [9.17, 15) is 14.9 Å². The molecule has 0 bridgehead atoms. The highest BCUT2D eigenvalue weighted by Crippen LogP contribution is 2.30. The van der Waals surface area contributed by atoms with Gasteiger partial charge in [0.15, 0.2) is 0 Å². The molecule has 0 spiro atoms. The Balaban J connectivity index is 2.28. The third-order valence-electron chi connectivity index (χ3n) is 3.60. The number of hydrogen-bond acceptors (Lipinski definition) is 3. The van der Waals surface area contributed by atoms with E-state index in [1.165, 1.54) is 18.2 Å². The summed E-state index contributed by atoms with van der Waals surface area (Å²) in [7, 11) is 1.73. The molecular formula is C13H15ClN2O3. The molecule has 0 unspecified atom stereocenters. The van der Waals surface area contributed by atoms with Crippen LogP contribution in [0.25, 0.3) is 0 Å². The second-order valence-corrected chi connectivity index (χ2v) is 5.13. The zero-order chi connectivity index (χ0) is 14.0. The van der Waals surface area contributed by atoms with Gasteiger partial charge in [0.1, 0.15) is 5.02 Å². The second-order valence-electron chi connectivity index (χ2n) is 4.75. The topological polar surface area (TPSA) is 63.5 Å². The number of hydrogen-bond donors (Lipinski definition) is 0. The molecule has 1 saturated carbocycles. The molecule has 102 valence electrons. The van der Waals surface area contributed by atoms with Crippen LogP contribution < -0.4 is 0 Å². The number of halogens is 1. The highest BCUT2D eigenvalue weighted by molar-refractivity contribution is 6.35. The van der Waals surface area contributed by atoms with Crippen molar-refractivity contribution in [1.82, 2.24) is 4.90 Å². The summed E-state index contributed by atoms with van der Waals surface area (Å²) in [5.74, 6) is -0.249. The van der Waals surface area contributed by atoms with Crippen molar-refractivity contribution < 1.29 is 9.72 Å². The van der Waals surface area contributed by atoms with E-state index >= 15 is 0 Å². The van der Waals surface area contributed by atoms with Gasteiger partial charge in [0.25, 0.3) is 11.6 Å². The summed E-state index contributed by atoms with van der Waals surface area (Å²) in [6, 6.07) is 4.53. The maximum absolute atomic E-state index is 12.3. The average molecular weight is 283 g/mol. The summed E-state index contributed by atoms with van der Waals surface area (Å²) >= 11 is 5.96. The second kappa shape index (κ2) is 5.57. The number of carbonyl (C=O) groups is 1. The van der Waals surface area contributed by atoms with E-state index in [0.29, 0.717) is 0 Å². The van der Waals surface area contributed by atoms with Crippen LogP contribution in [0, 0.1) is 10.1 Å². The highest BCUT2D eigenvalue weighted by atomic mass is 35.5. The molecule has 0 atom stereocenters. The molecule has 0 saturated heterocycles. The van der Waals surface area contributed by atoms with Crippen molar-refractivity contribution in [3.8, 4) is 0 Å². The van der Waals surface area contributed by atoms with Gasteiger partial charge in [-0.25, -0.2) is 0 Å². The number of nitro groups is 1. The molecule has 19 heavy (non-hydrogen) atoms. The Hall–Kier alpha value is -1.62. The van der Waals surface area contributed by atoms with Gasteiger partial charge < -0.3 is 4.90 Å². The fraction of sp³-hybridized carbons (Fsp3) is 0.462. The number of carbonyl (C=O) groups excluding carboxylic acids is 1. The first-order chi connectivity index (χ1) is 9.02. The molecule has 0 N–H and O–H groups in total. The maximum Gasteiger partial charge on any atom is 0.288 e. The zero-order valence-electron chi connectivity index (χ0n) is 10.6. The molecule has 5 nitrogen and oxygen atoms in total. The molecule has 6 heteroatoms. The third kappa shape index (κ3) is 2.71. The molecule has 1 aromatic carbocycles. The molecule has 1 aliphatic carbocycles. The first-order valence-electron chi connectivity index (χ1n) is 6.22. The zero-order valence-corrected chi connectivity index (χ0v) is 11.4. The summed E-state index contributed by atoms with van der Waals surface area (Å²) < 4.78 is 0.